The second-order valence-electron chi connectivity index (χ2n) is 3.34. The number of likely N-dealkylation sites (N-methyl/N-ethyl adjacent to an activating group) is 1. The van der Waals surface area contributed by atoms with Crippen LogP contribution in [0.5, 0.6) is 0 Å². The first-order valence-corrected chi connectivity index (χ1v) is 5.84. The summed E-state index contributed by atoms with van der Waals surface area (Å²) in [5, 5.41) is 8.84. The van der Waals surface area contributed by atoms with Gasteiger partial charge in [0.2, 0.25) is 0 Å². The number of hydrogen-bond acceptors (Lipinski definition) is 3. The van der Waals surface area contributed by atoms with E-state index < -0.39 is 0 Å². The molecule has 4 nitrogen and oxygen atoms in total. The molecule has 0 unspecified atom stereocenters. The molecule has 1 aromatic rings. The van der Waals surface area contributed by atoms with E-state index >= 15 is 0 Å². The number of nitrogens with two attached hydrogens (primary N) is 1. The van der Waals surface area contributed by atoms with Crippen molar-refractivity contribution in [1.82, 2.24) is 4.90 Å². The van der Waals surface area contributed by atoms with Gasteiger partial charge in [-0.25, -0.2) is 0 Å². The number of hydrogen-bond donors (Lipinski definition) is 2. The summed E-state index contributed by atoms with van der Waals surface area (Å²) in [7, 11) is 0. The Morgan fingerprint density at radius 3 is 2.75 bits per heavy atom. The van der Waals surface area contributed by atoms with E-state index in [1.807, 2.05) is 6.92 Å². The average Bonchev–Trinajstić information content (AvgIpc) is 2.28. The summed E-state index contributed by atoms with van der Waals surface area (Å²) in [5.41, 5.74) is 6.81. The van der Waals surface area contributed by atoms with E-state index in [0.717, 1.165) is 0 Å². The molecule has 16 heavy (non-hydrogen) atoms. The molecule has 0 saturated carbocycles. The second-order valence-corrected chi connectivity index (χ2v) is 4.20. The summed E-state index contributed by atoms with van der Waals surface area (Å²) in [6.07, 6.45) is 0. The van der Waals surface area contributed by atoms with Gasteiger partial charge in [0, 0.05) is 28.8 Å². The number of nitrogens with zero attached hydrogens (tertiary/aromatic N) is 1. The van der Waals surface area contributed by atoms with Crippen molar-refractivity contribution >= 4 is 27.5 Å². The zero-order valence-electron chi connectivity index (χ0n) is 9.11. The highest BCUT2D eigenvalue weighted by Gasteiger charge is 2.14. The molecule has 0 aliphatic rings. The molecule has 0 atom stereocenters. The van der Waals surface area contributed by atoms with Gasteiger partial charge < -0.3 is 15.7 Å². The van der Waals surface area contributed by atoms with Gasteiger partial charge in [0.25, 0.3) is 5.91 Å². The first-order chi connectivity index (χ1) is 7.60. The molecule has 0 radical (unpaired) electrons. The Morgan fingerprint density at radius 2 is 2.25 bits per heavy atom. The smallest absolute Gasteiger partial charge is 0.253 e. The minimum Gasteiger partial charge on any atom is -0.398 e. The Bertz CT molecular complexity index is 382. The third-order valence-electron chi connectivity index (χ3n) is 2.29. The Balaban J connectivity index is 2.90. The lowest BCUT2D eigenvalue weighted by Crippen LogP contribution is -2.33. The Hall–Kier alpha value is -1.07. The number of aliphatic hydroxyl groups excluding tert-OH is 1. The van der Waals surface area contributed by atoms with Crippen LogP contribution < -0.4 is 5.73 Å². The topological polar surface area (TPSA) is 66.6 Å². The van der Waals surface area contributed by atoms with Gasteiger partial charge in [-0.1, -0.05) is 0 Å². The van der Waals surface area contributed by atoms with Gasteiger partial charge in [0.05, 0.1) is 6.61 Å². The van der Waals surface area contributed by atoms with E-state index in [2.05, 4.69) is 15.9 Å². The molecule has 5 heteroatoms. The quantitative estimate of drug-likeness (QED) is 0.824. The van der Waals surface area contributed by atoms with Crippen molar-refractivity contribution in [1.29, 1.82) is 0 Å². The van der Waals surface area contributed by atoms with Gasteiger partial charge in [-0.2, -0.15) is 0 Å². The largest absolute Gasteiger partial charge is 0.398 e. The molecule has 0 bridgehead atoms. The molecular formula is C11H15BrN2O2. The van der Waals surface area contributed by atoms with Gasteiger partial charge in [-0.3, -0.25) is 4.79 Å². The minimum absolute atomic E-state index is 0.0320. The SMILES string of the molecule is CCN(CCO)C(=O)c1ccc(N)c(Br)c1. The van der Waals surface area contributed by atoms with Crippen molar-refractivity contribution in [2.75, 3.05) is 25.4 Å². The molecule has 88 valence electrons. The number of rotatable bonds is 4. The number of anilines is 1. The summed E-state index contributed by atoms with van der Waals surface area (Å²) in [6.45, 7) is 2.76. The summed E-state index contributed by atoms with van der Waals surface area (Å²) in [6, 6.07) is 5.06. The third kappa shape index (κ3) is 2.96. The maximum Gasteiger partial charge on any atom is 0.253 e. The number of amides is 1. The molecule has 0 aliphatic carbocycles. The zero-order valence-corrected chi connectivity index (χ0v) is 10.7. The summed E-state index contributed by atoms with van der Waals surface area (Å²) in [5.74, 6) is -0.0998. The predicted molar refractivity (Wildman–Crippen MR) is 67.2 cm³/mol. The highest BCUT2D eigenvalue weighted by atomic mass is 79.9. The maximum atomic E-state index is 12.0. The molecule has 1 aromatic carbocycles. The van der Waals surface area contributed by atoms with Gasteiger partial charge in [-0.15, -0.1) is 0 Å². The van der Waals surface area contributed by atoms with Gasteiger partial charge in [0.1, 0.15) is 0 Å². The first-order valence-electron chi connectivity index (χ1n) is 5.05. The molecule has 0 heterocycles. The van der Waals surface area contributed by atoms with Crippen LogP contribution in [0.1, 0.15) is 17.3 Å². The fourth-order valence-corrected chi connectivity index (χ4v) is 1.75. The van der Waals surface area contributed by atoms with E-state index in [1.54, 1.807) is 23.1 Å². The van der Waals surface area contributed by atoms with Crippen LogP contribution in [0.3, 0.4) is 0 Å². The van der Waals surface area contributed by atoms with Crippen molar-refractivity contribution in [3.8, 4) is 0 Å². The van der Waals surface area contributed by atoms with E-state index in [9.17, 15) is 4.79 Å². The molecule has 0 aromatic heterocycles. The summed E-state index contributed by atoms with van der Waals surface area (Å²) < 4.78 is 0.707. The summed E-state index contributed by atoms with van der Waals surface area (Å²) >= 11 is 3.28. The number of carbonyl (C=O) groups is 1. The Morgan fingerprint density at radius 1 is 1.56 bits per heavy atom. The highest BCUT2D eigenvalue weighted by Crippen LogP contribution is 2.21. The van der Waals surface area contributed by atoms with Crippen LogP contribution in [-0.2, 0) is 0 Å². The van der Waals surface area contributed by atoms with Crippen molar-refractivity contribution in [3.63, 3.8) is 0 Å². The van der Waals surface area contributed by atoms with Crippen LogP contribution in [-0.4, -0.2) is 35.6 Å². The van der Waals surface area contributed by atoms with E-state index in [1.165, 1.54) is 0 Å². The average molecular weight is 287 g/mol. The molecule has 1 amide bonds. The first kappa shape index (κ1) is 13.0. The van der Waals surface area contributed by atoms with Crippen molar-refractivity contribution in [2.45, 2.75) is 6.92 Å². The van der Waals surface area contributed by atoms with Gasteiger partial charge in [0.15, 0.2) is 0 Å². The molecular weight excluding hydrogens is 272 g/mol. The third-order valence-corrected chi connectivity index (χ3v) is 2.97. The second kappa shape index (κ2) is 5.86. The fourth-order valence-electron chi connectivity index (χ4n) is 1.37. The van der Waals surface area contributed by atoms with Crippen molar-refractivity contribution in [2.24, 2.45) is 0 Å². The van der Waals surface area contributed by atoms with E-state index in [4.69, 9.17) is 10.8 Å². The highest BCUT2D eigenvalue weighted by molar-refractivity contribution is 9.10. The van der Waals surface area contributed by atoms with Crippen molar-refractivity contribution in [3.05, 3.63) is 28.2 Å². The lowest BCUT2D eigenvalue weighted by atomic mass is 10.2. The molecule has 1 rings (SSSR count). The number of benzene rings is 1. The predicted octanol–water partition coefficient (Wildman–Crippen LogP) is 1.49. The van der Waals surface area contributed by atoms with Crippen LogP contribution in [0.15, 0.2) is 22.7 Å². The normalized spacial score (nSPS) is 10.2. The van der Waals surface area contributed by atoms with Crippen molar-refractivity contribution < 1.29 is 9.90 Å². The maximum absolute atomic E-state index is 12.0. The minimum atomic E-state index is -0.0998. The molecule has 3 N–H and O–H groups in total. The summed E-state index contributed by atoms with van der Waals surface area (Å²) in [4.78, 5) is 13.6. The Labute approximate surface area is 103 Å². The molecule has 0 saturated heterocycles. The van der Waals surface area contributed by atoms with E-state index in [-0.39, 0.29) is 12.5 Å². The number of nitrogen functional groups attached to an aromatic ring is 1. The molecule has 0 spiro atoms. The lowest BCUT2D eigenvalue weighted by molar-refractivity contribution is 0.0732. The lowest BCUT2D eigenvalue weighted by Gasteiger charge is -2.19. The fraction of sp³-hybridized carbons (Fsp3) is 0.364. The van der Waals surface area contributed by atoms with Crippen LogP contribution >= 0.6 is 15.9 Å². The van der Waals surface area contributed by atoms with Gasteiger partial charge in [-0.05, 0) is 41.1 Å². The monoisotopic (exact) mass is 286 g/mol. The van der Waals surface area contributed by atoms with Crippen LogP contribution in [0.25, 0.3) is 0 Å². The zero-order chi connectivity index (χ0) is 12.1. The van der Waals surface area contributed by atoms with Crippen LogP contribution in [0, 0.1) is 0 Å². The van der Waals surface area contributed by atoms with Gasteiger partial charge >= 0.3 is 0 Å². The number of carbonyl (C=O) groups excluding carboxylic acids is 1. The Kier molecular flexibility index (Phi) is 4.76. The van der Waals surface area contributed by atoms with E-state index in [0.29, 0.717) is 28.8 Å². The van der Waals surface area contributed by atoms with Crippen LogP contribution in [0.2, 0.25) is 0 Å². The standard InChI is InChI=1S/C11H15BrN2O2/c1-2-14(5-6-15)11(16)8-3-4-10(13)9(12)7-8/h3-4,7,15H,2,5-6,13H2,1H3. The molecule has 0 aliphatic heterocycles. The molecule has 0 fully saturated rings. The van der Waals surface area contributed by atoms with Crippen LogP contribution in [0.4, 0.5) is 5.69 Å². The number of halogens is 1. The number of aliphatic hydroxyl groups is 1.